The van der Waals surface area contributed by atoms with E-state index in [9.17, 15) is 0 Å². The van der Waals surface area contributed by atoms with E-state index >= 15 is 0 Å². The molecule has 3 rings (SSSR count). The lowest BCUT2D eigenvalue weighted by Crippen LogP contribution is -2.35. The van der Waals surface area contributed by atoms with Crippen LogP contribution in [0.25, 0.3) is 0 Å². The standard InChI is InChI=1S/C16H15Cl2NO/c1-20-11-6-5-10-7-8-16(19,13(10)9-11)12-3-2-4-14(17)15(12)18/h2-6,9H,7-8,19H2,1H3. The third kappa shape index (κ3) is 1.99. The predicted octanol–water partition coefficient (Wildman–Crippen LogP) is 4.15. The summed E-state index contributed by atoms with van der Waals surface area (Å²) in [5, 5.41) is 1.07. The van der Waals surface area contributed by atoms with E-state index in [-0.39, 0.29) is 0 Å². The Morgan fingerprint density at radius 2 is 1.95 bits per heavy atom. The predicted molar refractivity (Wildman–Crippen MR) is 82.7 cm³/mol. The molecule has 1 atom stereocenters. The first-order valence-corrected chi connectivity index (χ1v) is 7.22. The molecule has 0 amide bonds. The van der Waals surface area contributed by atoms with Crippen LogP contribution in [-0.4, -0.2) is 7.11 Å². The van der Waals surface area contributed by atoms with Gasteiger partial charge in [-0.25, -0.2) is 0 Å². The highest BCUT2D eigenvalue weighted by molar-refractivity contribution is 6.42. The fraction of sp³-hybridized carbons (Fsp3) is 0.250. The number of hydrogen-bond donors (Lipinski definition) is 1. The SMILES string of the molecule is COc1ccc2c(c1)C(N)(c1cccc(Cl)c1Cl)CC2. The zero-order chi connectivity index (χ0) is 14.3. The number of rotatable bonds is 2. The van der Waals surface area contributed by atoms with Gasteiger partial charge in [0.05, 0.1) is 22.7 Å². The molecular formula is C16H15Cl2NO. The second kappa shape index (κ2) is 4.96. The van der Waals surface area contributed by atoms with Crippen molar-refractivity contribution in [1.29, 1.82) is 0 Å². The maximum absolute atomic E-state index is 6.69. The molecule has 1 unspecified atom stereocenters. The van der Waals surface area contributed by atoms with Gasteiger partial charge in [0.25, 0.3) is 0 Å². The van der Waals surface area contributed by atoms with Crippen molar-refractivity contribution < 1.29 is 4.74 Å². The number of methoxy groups -OCH3 is 1. The summed E-state index contributed by atoms with van der Waals surface area (Å²) in [6.45, 7) is 0. The van der Waals surface area contributed by atoms with Crippen molar-refractivity contribution in [3.05, 3.63) is 63.1 Å². The fourth-order valence-electron chi connectivity index (χ4n) is 2.91. The van der Waals surface area contributed by atoms with Crippen LogP contribution in [0, 0.1) is 0 Å². The van der Waals surface area contributed by atoms with E-state index < -0.39 is 5.54 Å². The minimum Gasteiger partial charge on any atom is -0.497 e. The quantitative estimate of drug-likeness (QED) is 0.904. The topological polar surface area (TPSA) is 35.2 Å². The van der Waals surface area contributed by atoms with E-state index in [1.54, 1.807) is 13.2 Å². The van der Waals surface area contributed by atoms with Crippen LogP contribution in [0.3, 0.4) is 0 Å². The molecule has 0 saturated heterocycles. The second-order valence-corrected chi connectivity index (χ2v) is 5.88. The summed E-state index contributed by atoms with van der Waals surface area (Å²) in [4.78, 5) is 0. The van der Waals surface area contributed by atoms with Crippen LogP contribution in [0.5, 0.6) is 5.75 Å². The van der Waals surface area contributed by atoms with E-state index in [0.29, 0.717) is 10.0 Å². The van der Waals surface area contributed by atoms with Crippen LogP contribution in [0.4, 0.5) is 0 Å². The van der Waals surface area contributed by atoms with Crippen molar-refractivity contribution in [1.82, 2.24) is 0 Å². The molecule has 1 aliphatic rings. The molecule has 0 heterocycles. The lowest BCUT2D eigenvalue weighted by atomic mass is 9.85. The Bertz CT molecular complexity index is 672. The van der Waals surface area contributed by atoms with Crippen LogP contribution in [0.15, 0.2) is 36.4 Å². The number of hydrogen-bond acceptors (Lipinski definition) is 2. The highest BCUT2D eigenvalue weighted by atomic mass is 35.5. The van der Waals surface area contributed by atoms with Crippen molar-refractivity contribution in [2.75, 3.05) is 7.11 Å². The number of nitrogens with two attached hydrogens (primary N) is 1. The number of aryl methyl sites for hydroxylation is 1. The summed E-state index contributed by atoms with van der Waals surface area (Å²) >= 11 is 12.5. The smallest absolute Gasteiger partial charge is 0.119 e. The zero-order valence-electron chi connectivity index (χ0n) is 11.1. The Morgan fingerprint density at radius 3 is 2.70 bits per heavy atom. The minimum atomic E-state index is -0.605. The van der Waals surface area contributed by atoms with Gasteiger partial charge in [-0.3, -0.25) is 0 Å². The molecule has 20 heavy (non-hydrogen) atoms. The van der Waals surface area contributed by atoms with E-state index in [1.165, 1.54) is 5.56 Å². The Kier molecular flexibility index (Phi) is 3.41. The molecule has 1 aliphatic carbocycles. The molecule has 0 aliphatic heterocycles. The Hall–Kier alpha value is -1.22. The molecule has 0 aromatic heterocycles. The summed E-state index contributed by atoms with van der Waals surface area (Å²) < 4.78 is 5.31. The molecule has 0 spiro atoms. The maximum Gasteiger partial charge on any atom is 0.119 e. The van der Waals surface area contributed by atoms with Gasteiger partial charge in [0, 0.05) is 0 Å². The Balaban J connectivity index is 2.19. The van der Waals surface area contributed by atoms with Gasteiger partial charge in [-0.05, 0) is 47.7 Å². The van der Waals surface area contributed by atoms with Crippen molar-refractivity contribution in [3.63, 3.8) is 0 Å². The first-order chi connectivity index (χ1) is 9.56. The summed E-state index contributed by atoms with van der Waals surface area (Å²) in [7, 11) is 1.65. The molecule has 2 nitrogen and oxygen atoms in total. The van der Waals surface area contributed by atoms with Gasteiger partial charge >= 0.3 is 0 Å². The molecule has 2 aromatic rings. The Morgan fingerprint density at radius 1 is 1.15 bits per heavy atom. The molecule has 0 saturated carbocycles. The van der Waals surface area contributed by atoms with E-state index in [2.05, 4.69) is 6.07 Å². The molecule has 2 N–H and O–H groups in total. The number of ether oxygens (including phenoxy) is 1. The Labute approximate surface area is 128 Å². The number of halogens is 2. The van der Waals surface area contributed by atoms with Gasteiger partial charge in [0.15, 0.2) is 0 Å². The van der Waals surface area contributed by atoms with Crippen molar-refractivity contribution in [2.45, 2.75) is 18.4 Å². The highest BCUT2D eigenvalue weighted by Gasteiger charge is 2.38. The largest absolute Gasteiger partial charge is 0.497 e. The van der Waals surface area contributed by atoms with E-state index in [1.807, 2.05) is 24.3 Å². The molecular weight excluding hydrogens is 293 g/mol. The molecule has 0 fully saturated rings. The lowest BCUT2D eigenvalue weighted by Gasteiger charge is -2.27. The van der Waals surface area contributed by atoms with E-state index in [4.69, 9.17) is 33.7 Å². The van der Waals surface area contributed by atoms with Gasteiger partial charge in [0.1, 0.15) is 5.75 Å². The summed E-state index contributed by atoms with van der Waals surface area (Å²) in [6.07, 6.45) is 1.74. The van der Waals surface area contributed by atoms with Gasteiger partial charge in [-0.15, -0.1) is 0 Å². The van der Waals surface area contributed by atoms with Gasteiger partial charge in [-0.2, -0.15) is 0 Å². The molecule has 2 aromatic carbocycles. The normalized spacial score (nSPS) is 20.8. The van der Waals surface area contributed by atoms with Crippen LogP contribution in [0.2, 0.25) is 10.0 Å². The summed E-state index contributed by atoms with van der Waals surface area (Å²) in [5.41, 5.74) is 9.27. The number of benzene rings is 2. The average Bonchev–Trinajstić information content (AvgIpc) is 2.80. The highest BCUT2D eigenvalue weighted by Crippen LogP contribution is 2.45. The van der Waals surface area contributed by atoms with Crippen molar-refractivity contribution in [2.24, 2.45) is 5.73 Å². The van der Waals surface area contributed by atoms with Crippen molar-refractivity contribution >= 4 is 23.2 Å². The average molecular weight is 308 g/mol. The molecule has 0 bridgehead atoms. The zero-order valence-corrected chi connectivity index (χ0v) is 12.6. The fourth-order valence-corrected chi connectivity index (χ4v) is 3.38. The van der Waals surface area contributed by atoms with Crippen LogP contribution in [-0.2, 0) is 12.0 Å². The van der Waals surface area contributed by atoms with Crippen LogP contribution < -0.4 is 10.5 Å². The molecule has 0 radical (unpaired) electrons. The first-order valence-electron chi connectivity index (χ1n) is 6.47. The minimum absolute atomic E-state index is 0.533. The van der Waals surface area contributed by atoms with Gasteiger partial charge in [-0.1, -0.05) is 41.4 Å². The first kappa shape index (κ1) is 13.7. The third-order valence-electron chi connectivity index (χ3n) is 4.02. The van der Waals surface area contributed by atoms with Crippen LogP contribution in [0.1, 0.15) is 23.1 Å². The maximum atomic E-state index is 6.69. The molecule has 4 heteroatoms. The third-order valence-corrected chi connectivity index (χ3v) is 4.84. The summed E-state index contributed by atoms with van der Waals surface area (Å²) in [6, 6.07) is 11.6. The van der Waals surface area contributed by atoms with Gasteiger partial charge < -0.3 is 10.5 Å². The second-order valence-electron chi connectivity index (χ2n) is 5.10. The van der Waals surface area contributed by atoms with Crippen molar-refractivity contribution in [3.8, 4) is 5.75 Å². The summed E-state index contributed by atoms with van der Waals surface area (Å²) in [5.74, 6) is 0.804. The van der Waals surface area contributed by atoms with Gasteiger partial charge in [0.2, 0.25) is 0 Å². The number of fused-ring (bicyclic) bond motifs is 1. The lowest BCUT2D eigenvalue weighted by molar-refractivity contribution is 0.413. The van der Waals surface area contributed by atoms with E-state index in [0.717, 1.165) is 29.7 Å². The molecule has 104 valence electrons. The monoisotopic (exact) mass is 307 g/mol. The van der Waals surface area contributed by atoms with Crippen LogP contribution >= 0.6 is 23.2 Å².